The Bertz CT molecular complexity index is 844. The minimum Gasteiger partial charge on any atom is -0.495 e. The quantitative estimate of drug-likeness (QED) is 0.712. The fourth-order valence-corrected chi connectivity index (χ4v) is 2.43. The van der Waals surface area contributed by atoms with E-state index in [4.69, 9.17) is 9.26 Å². The van der Waals surface area contributed by atoms with Crippen molar-refractivity contribution in [3.05, 3.63) is 66.1 Å². The average molecular weight is 337 g/mol. The topological polar surface area (TPSA) is 68.5 Å². The molecule has 128 valence electrons. The standard InChI is InChI=1S/C19H19N3O3/c1-13(16-10-9-15(24-3)12-20-16)22(2)19(23)17-11-18(25-21-17)14-7-5-4-6-8-14/h4-13H,1-3H3/t13-/m1/s1. The van der Waals surface area contributed by atoms with Crippen molar-refractivity contribution in [3.63, 3.8) is 0 Å². The molecule has 0 aliphatic heterocycles. The summed E-state index contributed by atoms with van der Waals surface area (Å²) >= 11 is 0. The van der Waals surface area contributed by atoms with Crippen molar-refractivity contribution < 1.29 is 14.1 Å². The number of carbonyl (C=O) groups is 1. The smallest absolute Gasteiger partial charge is 0.276 e. The Labute approximate surface area is 146 Å². The van der Waals surface area contributed by atoms with Crippen LogP contribution in [0.1, 0.15) is 29.1 Å². The van der Waals surface area contributed by atoms with Crippen LogP contribution in [0.3, 0.4) is 0 Å². The number of nitrogens with zero attached hydrogens (tertiary/aromatic N) is 3. The summed E-state index contributed by atoms with van der Waals surface area (Å²) in [4.78, 5) is 18.6. The summed E-state index contributed by atoms with van der Waals surface area (Å²) in [6.45, 7) is 1.91. The Hall–Kier alpha value is -3.15. The van der Waals surface area contributed by atoms with Crippen molar-refractivity contribution in [2.75, 3.05) is 14.2 Å². The first kappa shape index (κ1) is 16.7. The zero-order chi connectivity index (χ0) is 17.8. The van der Waals surface area contributed by atoms with E-state index in [2.05, 4.69) is 10.1 Å². The molecular weight excluding hydrogens is 318 g/mol. The Morgan fingerprint density at radius 3 is 2.60 bits per heavy atom. The number of methoxy groups -OCH3 is 1. The first-order valence-electron chi connectivity index (χ1n) is 7.89. The third-order valence-electron chi connectivity index (χ3n) is 4.11. The van der Waals surface area contributed by atoms with E-state index in [0.29, 0.717) is 11.5 Å². The minimum absolute atomic E-state index is 0.213. The molecule has 2 aromatic heterocycles. The van der Waals surface area contributed by atoms with E-state index in [9.17, 15) is 4.79 Å². The molecule has 0 bridgehead atoms. The summed E-state index contributed by atoms with van der Waals surface area (Å²) in [5, 5.41) is 3.91. The van der Waals surface area contributed by atoms with Crippen LogP contribution in [0.4, 0.5) is 0 Å². The van der Waals surface area contributed by atoms with Gasteiger partial charge in [0.2, 0.25) is 0 Å². The number of hydrogen-bond donors (Lipinski definition) is 0. The van der Waals surface area contributed by atoms with Crippen molar-refractivity contribution in [2.24, 2.45) is 0 Å². The largest absolute Gasteiger partial charge is 0.495 e. The van der Waals surface area contributed by atoms with E-state index < -0.39 is 0 Å². The zero-order valence-electron chi connectivity index (χ0n) is 14.3. The number of carbonyl (C=O) groups excluding carboxylic acids is 1. The Morgan fingerprint density at radius 1 is 1.20 bits per heavy atom. The van der Waals surface area contributed by atoms with Gasteiger partial charge in [-0.2, -0.15) is 0 Å². The Morgan fingerprint density at radius 2 is 1.96 bits per heavy atom. The first-order valence-corrected chi connectivity index (χ1v) is 7.89. The maximum Gasteiger partial charge on any atom is 0.276 e. The molecule has 0 aliphatic rings. The van der Waals surface area contributed by atoms with Crippen LogP contribution in [0.15, 0.2) is 59.3 Å². The number of benzene rings is 1. The maximum atomic E-state index is 12.7. The SMILES string of the molecule is COc1ccc([C@@H](C)N(C)C(=O)c2cc(-c3ccccc3)on2)nc1. The molecule has 2 heterocycles. The molecule has 0 aliphatic carbocycles. The molecule has 0 radical (unpaired) electrons. The highest BCUT2D eigenvalue weighted by atomic mass is 16.5. The second-order valence-electron chi connectivity index (χ2n) is 5.66. The van der Waals surface area contributed by atoms with Gasteiger partial charge in [0.1, 0.15) is 5.75 Å². The molecule has 1 atom stereocenters. The second-order valence-corrected chi connectivity index (χ2v) is 5.66. The van der Waals surface area contributed by atoms with Gasteiger partial charge in [-0.15, -0.1) is 0 Å². The lowest BCUT2D eigenvalue weighted by Gasteiger charge is -2.23. The monoisotopic (exact) mass is 337 g/mol. The van der Waals surface area contributed by atoms with E-state index in [0.717, 1.165) is 11.3 Å². The van der Waals surface area contributed by atoms with Crippen molar-refractivity contribution in [2.45, 2.75) is 13.0 Å². The highest BCUT2D eigenvalue weighted by Gasteiger charge is 2.23. The second kappa shape index (κ2) is 7.17. The van der Waals surface area contributed by atoms with Crippen LogP contribution in [-0.2, 0) is 0 Å². The van der Waals surface area contributed by atoms with Crippen LogP contribution >= 0.6 is 0 Å². The summed E-state index contributed by atoms with van der Waals surface area (Å²) in [5.74, 6) is 1.01. The minimum atomic E-state index is -0.226. The summed E-state index contributed by atoms with van der Waals surface area (Å²) in [7, 11) is 3.31. The Kier molecular flexibility index (Phi) is 4.79. The fraction of sp³-hybridized carbons (Fsp3) is 0.211. The molecule has 0 fully saturated rings. The normalized spacial score (nSPS) is 11.8. The third kappa shape index (κ3) is 3.52. The van der Waals surface area contributed by atoms with Crippen molar-refractivity contribution in [1.82, 2.24) is 15.0 Å². The van der Waals surface area contributed by atoms with Gasteiger partial charge >= 0.3 is 0 Å². The van der Waals surface area contributed by atoms with Crippen LogP contribution in [-0.4, -0.2) is 35.1 Å². The van der Waals surface area contributed by atoms with Gasteiger partial charge < -0.3 is 14.2 Å². The number of pyridine rings is 1. The third-order valence-corrected chi connectivity index (χ3v) is 4.11. The van der Waals surface area contributed by atoms with E-state index in [1.54, 1.807) is 31.3 Å². The van der Waals surface area contributed by atoms with Crippen LogP contribution < -0.4 is 4.74 Å². The maximum absolute atomic E-state index is 12.7. The highest BCUT2D eigenvalue weighted by molar-refractivity contribution is 5.93. The van der Waals surface area contributed by atoms with Gasteiger partial charge in [0.15, 0.2) is 11.5 Å². The molecule has 0 saturated carbocycles. The Balaban J connectivity index is 1.76. The summed E-state index contributed by atoms with van der Waals surface area (Å²) in [6.07, 6.45) is 1.63. The van der Waals surface area contributed by atoms with Crippen LogP contribution in [0.25, 0.3) is 11.3 Å². The van der Waals surface area contributed by atoms with Crippen LogP contribution in [0.5, 0.6) is 5.75 Å². The molecule has 6 heteroatoms. The summed E-state index contributed by atoms with van der Waals surface area (Å²) in [6, 6.07) is 14.6. The lowest BCUT2D eigenvalue weighted by atomic mass is 10.1. The summed E-state index contributed by atoms with van der Waals surface area (Å²) in [5.41, 5.74) is 1.91. The molecule has 3 aromatic rings. The summed E-state index contributed by atoms with van der Waals surface area (Å²) < 4.78 is 10.4. The fourth-order valence-electron chi connectivity index (χ4n) is 2.43. The van der Waals surface area contributed by atoms with Gasteiger partial charge in [-0.05, 0) is 19.1 Å². The molecule has 1 amide bonds. The van der Waals surface area contributed by atoms with Gasteiger partial charge in [-0.25, -0.2) is 0 Å². The van der Waals surface area contributed by atoms with Crippen molar-refractivity contribution in [1.29, 1.82) is 0 Å². The van der Waals surface area contributed by atoms with Crippen LogP contribution in [0, 0.1) is 0 Å². The van der Waals surface area contributed by atoms with Gasteiger partial charge in [0.05, 0.1) is 25.0 Å². The van der Waals surface area contributed by atoms with Gasteiger partial charge in [0.25, 0.3) is 5.91 Å². The molecule has 0 saturated heterocycles. The van der Waals surface area contributed by atoms with E-state index in [1.165, 1.54) is 0 Å². The lowest BCUT2D eigenvalue weighted by Crippen LogP contribution is -2.30. The molecule has 0 unspecified atom stereocenters. The van der Waals surface area contributed by atoms with Crippen molar-refractivity contribution in [3.8, 4) is 17.1 Å². The zero-order valence-corrected chi connectivity index (χ0v) is 14.3. The molecule has 0 N–H and O–H groups in total. The lowest BCUT2D eigenvalue weighted by molar-refractivity contribution is 0.0729. The number of ether oxygens (including phenoxy) is 1. The van der Waals surface area contributed by atoms with E-state index >= 15 is 0 Å². The van der Waals surface area contributed by atoms with Gasteiger partial charge in [-0.1, -0.05) is 35.5 Å². The number of hydrogen-bond acceptors (Lipinski definition) is 5. The predicted molar refractivity (Wildman–Crippen MR) is 93.2 cm³/mol. The number of rotatable bonds is 5. The van der Waals surface area contributed by atoms with Gasteiger partial charge in [-0.3, -0.25) is 9.78 Å². The molecule has 0 spiro atoms. The molecule has 25 heavy (non-hydrogen) atoms. The molecular formula is C19H19N3O3. The predicted octanol–water partition coefficient (Wildman–Crippen LogP) is 3.58. The highest BCUT2D eigenvalue weighted by Crippen LogP contribution is 2.23. The van der Waals surface area contributed by atoms with Gasteiger partial charge in [0, 0.05) is 18.7 Å². The first-order chi connectivity index (χ1) is 12.1. The number of aromatic nitrogens is 2. The van der Waals surface area contributed by atoms with Crippen molar-refractivity contribution >= 4 is 5.91 Å². The number of amides is 1. The van der Waals surface area contributed by atoms with E-state index in [1.807, 2.05) is 49.4 Å². The molecule has 6 nitrogen and oxygen atoms in total. The van der Waals surface area contributed by atoms with Crippen LogP contribution in [0.2, 0.25) is 0 Å². The molecule has 1 aromatic carbocycles. The van der Waals surface area contributed by atoms with E-state index in [-0.39, 0.29) is 17.6 Å². The molecule has 3 rings (SSSR count). The average Bonchev–Trinajstić information content (AvgIpc) is 3.17.